The fourth-order valence-electron chi connectivity index (χ4n) is 10.5. The first-order chi connectivity index (χ1) is 38.0. The van der Waals surface area contributed by atoms with Crippen molar-refractivity contribution in [1.82, 2.24) is 0 Å². The Morgan fingerprint density at radius 3 is 1.13 bits per heavy atom. The topological polar surface area (TPSA) is 231 Å². The first kappa shape index (κ1) is 72.3. The van der Waals surface area contributed by atoms with Gasteiger partial charge in [-0.05, 0) is 38.5 Å². The third kappa shape index (κ3) is 36.0. The molecule has 0 radical (unpaired) electrons. The van der Waals surface area contributed by atoms with Crippen molar-refractivity contribution in [2.45, 2.75) is 351 Å². The van der Waals surface area contributed by atoms with Gasteiger partial charge in [-0.3, -0.25) is 9.59 Å². The van der Waals surface area contributed by atoms with Gasteiger partial charge in [-0.25, -0.2) is 0 Å². The van der Waals surface area contributed by atoms with Crippen LogP contribution in [0.3, 0.4) is 0 Å². The minimum Gasteiger partial charge on any atom is -0.462 e. The standard InChI is InChI=1S/C63H118O15/c1-3-5-7-9-11-13-15-17-19-21-23-25-27-29-31-33-35-37-39-41-43-45-54(65)73-48-51(49-74-62-61(72)59(70)57(68)53(78-62)50-75-63-60(71)58(69)56(67)52(47-64)77-63)76-55(66)46-44-42-40-38-36-34-32-30-28-26-24-22-20-18-16-14-12-10-8-6-4-2/h22,24,51-53,56-64,67-72H,3-21,23,25-50H2,1-2H3/b24-22-. The molecule has 11 unspecified atom stereocenters. The summed E-state index contributed by atoms with van der Waals surface area (Å²) in [6.07, 6.45) is 38.0. The highest BCUT2D eigenvalue weighted by molar-refractivity contribution is 5.70. The van der Waals surface area contributed by atoms with Crippen molar-refractivity contribution < 1.29 is 73.8 Å². The van der Waals surface area contributed by atoms with Crippen molar-refractivity contribution in [2.75, 3.05) is 26.4 Å². The Bertz CT molecular complexity index is 1400. The Hall–Kier alpha value is -1.76. The van der Waals surface area contributed by atoms with Crippen LogP contribution in [0.4, 0.5) is 0 Å². The molecule has 0 bridgehead atoms. The summed E-state index contributed by atoms with van der Waals surface area (Å²) in [4.78, 5) is 26.0. The van der Waals surface area contributed by atoms with Gasteiger partial charge >= 0.3 is 11.9 Å². The monoisotopic (exact) mass is 1110 g/mol. The fraction of sp³-hybridized carbons (Fsp3) is 0.937. The molecule has 15 heteroatoms. The number of aliphatic hydroxyl groups is 7. The number of carbonyl (C=O) groups is 2. The van der Waals surface area contributed by atoms with Crippen LogP contribution in [0.5, 0.6) is 0 Å². The zero-order valence-corrected chi connectivity index (χ0v) is 49.4. The highest BCUT2D eigenvalue weighted by Gasteiger charge is 2.47. The van der Waals surface area contributed by atoms with E-state index in [0.717, 1.165) is 38.5 Å². The Morgan fingerprint density at radius 2 is 0.731 bits per heavy atom. The van der Waals surface area contributed by atoms with Crippen LogP contribution in [-0.2, 0) is 38.0 Å². The van der Waals surface area contributed by atoms with Gasteiger partial charge in [0.15, 0.2) is 18.7 Å². The van der Waals surface area contributed by atoms with Gasteiger partial charge in [-0.2, -0.15) is 0 Å². The highest BCUT2D eigenvalue weighted by atomic mass is 16.7. The quantitative estimate of drug-likeness (QED) is 0.0171. The summed E-state index contributed by atoms with van der Waals surface area (Å²) in [5.74, 6) is -0.907. The molecule has 2 fully saturated rings. The molecule has 460 valence electrons. The Labute approximate surface area is 473 Å². The lowest BCUT2D eigenvalue weighted by Crippen LogP contribution is -2.61. The van der Waals surface area contributed by atoms with Crippen LogP contribution in [0, 0.1) is 0 Å². The summed E-state index contributed by atoms with van der Waals surface area (Å²) in [5, 5.41) is 72.4. The summed E-state index contributed by atoms with van der Waals surface area (Å²) >= 11 is 0. The lowest BCUT2D eigenvalue weighted by atomic mass is 9.98. The minimum absolute atomic E-state index is 0.168. The van der Waals surface area contributed by atoms with Crippen LogP contribution in [0.15, 0.2) is 12.2 Å². The molecule has 78 heavy (non-hydrogen) atoms. The summed E-state index contributed by atoms with van der Waals surface area (Å²) in [7, 11) is 0. The number of hydrogen-bond acceptors (Lipinski definition) is 15. The molecular formula is C63H118O15. The first-order valence-corrected chi connectivity index (χ1v) is 32.3. The second-order valence-electron chi connectivity index (χ2n) is 23.0. The number of esters is 2. The van der Waals surface area contributed by atoms with E-state index in [0.29, 0.717) is 12.8 Å². The second kappa shape index (κ2) is 49.8. The van der Waals surface area contributed by atoms with Gasteiger partial charge in [0.2, 0.25) is 0 Å². The summed E-state index contributed by atoms with van der Waals surface area (Å²) in [6, 6.07) is 0. The zero-order valence-electron chi connectivity index (χ0n) is 49.4. The van der Waals surface area contributed by atoms with E-state index in [1.165, 1.54) is 205 Å². The Balaban J connectivity index is 1.70. The van der Waals surface area contributed by atoms with E-state index in [9.17, 15) is 45.3 Å². The molecule has 0 aromatic heterocycles. The minimum atomic E-state index is -1.76. The largest absolute Gasteiger partial charge is 0.462 e. The number of carbonyl (C=O) groups excluding carboxylic acids is 2. The number of hydrogen-bond donors (Lipinski definition) is 7. The van der Waals surface area contributed by atoms with Gasteiger partial charge < -0.3 is 64.2 Å². The molecule has 0 amide bonds. The van der Waals surface area contributed by atoms with Gasteiger partial charge in [-0.1, -0.05) is 244 Å². The van der Waals surface area contributed by atoms with Crippen molar-refractivity contribution in [3.05, 3.63) is 12.2 Å². The van der Waals surface area contributed by atoms with Crippen molar-refractivity contribution in [3.63, 3.8) is 0 Å². The van der Waals surface area contributed by atoms with Gasteiger partial charge in [0.05, 0.1) is 19.8 Å². The molecular weight excluding hydrogens is 997 g/mol. The van der Waals surface area contributed by atoms with Crippen molar-refractivity contribution in [1.29, 1.82) is 0 Å². The van der Waals surface area contributed by atoms with Crippen molar-refractivity contribution in [3.8, 4) is 0 Å². The predicted molar refractivity (Wildman–Crippen MR) is 308 cm³/mol. The van der Waals surface area contributed by atoms with Gasteiger partial charge in [-0.15, -0.1) is 0 Å². The van der Waals surface area contributed by atoms with Crippen LogP contribution in [0.2, 0.25) is 0 Å². The molecule has 0 spiro atoms. The average molecular weight is 1120 g/mol. The van der Waals surface area contributed by atoms with Gasteiger partial charge in [0.1, 0.15) is 55.4 Å². The van der Waals surface area contributed by atoms with E-state index >= 15 is 0 Å². The van der Waals surface area contributed by atoms with E-state index in [1.54, 1.807) is 0 Å². The van der Waals surface area contributed by atoms with E-state index in [-0.39, 0.29) is 26.1 Å². The second-order valence-corrected chi connectivity index (χ2v) is 23.0. The zero-order chi connectivity index (χ0) is 56.7. The number of aliphatic hydroxyl groups excluding tert-OH is 7. The molecule has 0 saturated carbocycles. The molecule has 2 aliphatic rings. The molecule has 2 saturated heterocycles. The smallest absolute Gasteiger partial charge is 0.306 e. The van der Waals surface area contributed by atoms with Crippen LogP contribution in [0.25, 0.3) is 0 Å². The van der Waals surface area contributed by atoms with Gasteiger partial charge in [0, 0.05) is 12.8 Å². The maximum absolute atomic E-state index is 13.1. The third-order valence-electron chi connectivity index (χ3n) is 15.7. The lowest BCUT2D eigenvalue weighted by Gasteiger charge is -2.42. The van der Waals surface area contributed by atoms with E-state index in [1.807, 2.05) is 0 Å². The maximum atomic E-state index is 13.1. The van der Waals surface area contributed by atoms with E-state index in [4.69, 9.17) is 28.4 Å². The normalized spacial score (nSPS) is 24.0. The molecule has 0 aromatic carbocycles. The summed E-state index contributed by atoms with van der Waals surface area (Å²) in [5.41, 5.74) is 0. The van der Waals surface area contributed by atoms with Gasteiger partial charge in [0.25, 0.3) is 0 Å². The van der Waals surface area contributed by atoms with Crippen molar-refractivity contribution >= 4 is 11.9 Å². The Kier molecular flexibility index (Phi) is 46.2. The molecule has 7 N–H and O–H groups in total. The summed E-state index contributed by atoms with van der Waals surface area (Å²) in [6.45, 7) is 2.66. The third-order valence-corrected chi connectivity index (χ3v) is 15.7. The fourth-order valence-corrected chi connectivity index (χ4v) is 10.5. The maximum Gasteiger partial charge on any atom is 0.306 e. The number of unbranched alkanes of at least 4 members (excludes halogenated alkanes) is 37. The Morgan fingerprint density at radius 1 is 0.397 bits per heavy atom. The molecule has 0 aliphatic carbocycles. The number of ether oxygens (including phenoxy) is 6. The molecule has 11 atom stereocenters. The van der Waals surface area contributed by atoms with E-state index in [2.05, 4.69) is 26.0 Å². The van der Waals surface area contributed by atoms with Crippen LogP contribution in [-0.4, -0.2) is 142 Å². The van der Waals surface area contributed by atoms with Crippen LogP contribution in [0.1, 0.15) is 284 Å². The molecule has 2 aliphatic heterocycles. The van der Waals surface area contributed by atoms with Crippen molar-refractivity contribution in [2.24, 2.45) is 0 Å². The molecule has 2 heterocycles. The van der Waals surface area contributed by atoms with Crippen LogP contribution < -0.4 is 0 Å². The molecule has 2 rings (SSSR count). The number of allylic oxidation sites excluding steroid dienone is 2. The van der Waals surface area contributed by atoms with E-state index < -0.39 is 92.7 Å². The molecule has 0 aromatic rings. The average Bonchev–Trinajstić information content (AvgIpc) is 3.44. The predicted octanol–water partition coefficient (Wildman–Crippen LogP) is 12.1. The lowest BCUT2D eigenvalue weighted by molar-refractivity contribution is -0.332. The van der Waals surface area contributed by atoms with Crippen LogP contribution >= 0.6 is 0 Å². The number of rotatable bonds is 53. The first-order valence-electron chi connectivity index (χ1n) is 32.3. The molecule has 15 nitrogen and oxygen atoms in total. The summed E-state index contributed by atoms with van der Waals surface area (Å²) < 4.78 is 33.8. The highest BCUT2D eigenvalue weighted by Crippen LogP contribution is 2.27. The SMILES string of the molecule is CCCCCCCCCC/C=C\CCCCCCCCCCCC(=O)OC(COC(=O)CCCCCCCCCCCCCCCCCCCCCCC)COC1OC(COC2OC(CO)C(O)C(O)C2O)C(O)C(O)C1O.